The number of esters is 1. The van der Waals surface area contributed by atoms with Crippen LogP contribution in [0.15, 0.2) is 49.6 Å². The largest absolute Gasteiger partial charge is 0.465 e. The van der Waals surface area contributed by atoms with Crippen LogP contribution in [0, 0.1) is 11.8 Å². The average Bonchev–Trinajstić information content (AvgIpc) is 3.53. The highest BCUT2D eigenvalue weighted by Crippen LogP contribution is 2.59. The van der Waals surface area contributed by atoms with Crippen LogP contribution in [0.3, 0.4) is 0 Å². The highest BCUT2D eigenvalue weighted by atomic mass is 35.5. The number of unbranched alkanes of at least 4 members (excludes halogenated alkanes) is 2. The number of likely N-dealkylation sites (tertiary alicyclic amines) is 1. The standard InChI is InChI=1S/C28H35ClN2O6/c1-3-5-18-36-27(35)22-21-13-14-28(37-21)23(22)25(33)31(16-7-6-8-17-32)24(28)26(34)30(15-4-2)20-11-9-19(29)10-12-20/h3-4,9-12,21-24,32H,1-2,5-8,13-18H2/t21-,22+,23+,24?,28?/m1/s1. The Hall–Kier alpha value is -2.68. The van der Waals surface area contributed by atoms with Crippen LogP contribution in [-0.2, 0) is 23.9 Å². The van der Waals surface area contributed by atoms with Crippen LogP contribution in [0.5, 0.6) is 0 Å². The molecule has 2 unspecified atom stereocenters. The molecule has 0 radical (unpaired) electrons. The van der Waals surface area contributed by atoms with Crippen molar-refractivity contribution in [1.82, 2.24) is 4.90 Å². The van der Waals surface area contributed by atoms with E-state index in [1.54, 1.807) is 46.2 Å². The van der Waals surface area contributed by atoms with Gasteiger partial charge < -0.3 is 24.4 Å². The maximum absolute atomic E-state index is 14.3. The summed E-state index contributed by atoms with van der Waals surface area (Å²) >= 11 is 6.08. The van der Waals surface area contributed by atoms with E-state index in [0.29, 0.717) is 55.8 Å². The molecule has 3 aliphatic heterocycles. The molecule has 0 saturated carbocycles. The van der Waals surface area contributed by atoms with Gasteiger partial charge in [0, 0.05) is 30.4 Å². The summed E-state index contributed by atoms with van der Waals surface area (Å²) in [6, 6.07) is 6.05. The molecule has 3 aliphatic rings. The number of aliphatic hydroxyl groups is 1. The predicted molar refractivity (Wildman–Crippen MR) is 140 cm³/mol. The van der Waals surface area contributed by atoms with E-state index in [-0.39, 0.29) is 31.6 Å². The van der Waals surface area contributed by atoms with Gasteiger partial charge in [0.1, 0.15) is 11.6 Å². The molecule has 8 nitrogen and oxygen atoms in total. The predicted octanol–water partition coefficient (Wildman–Crippen LogP) is 3.52. The van der Waals surface area contributed by atoms with E-state index in [1.807, 2.05) is 0 Å². The van der Waals surface area contributed by atoms with Crippen LogP contribution in [-0.4, -0.2) is 71.8 Å². The maximum Gasteiger partial charge on any atom is 0.312 e. The Bertz CT molecular complexity index is 1030. The lowest BCUT2D eigenvalue weighted by atomic mass is 9.70. The van der Waals surface area contributed by atoms with Gasteiger partial charge in [0.2, 0.25) is 5.91 Å². The molecule has 3 saturated heterocycles. The normalized spacial score (nSPS) is 27.7. The molecule has 4 rings (SSSR count). The third-order valence-corrected chi connectivity index (χ3v) is 7.90. The summed E-state index contributed by atoms with van der Waals surface area (Å²) in [6.07, 6.45) is 6.40. The number of halogens is 1. The number of amides is 2. The number of aliphatic hydroxyl groups excluding tert-OH is 1. The SMILES string of the molecule is C=CCCOC(=O)[C@@H]1[C@H]2C(=O)N(CCCCCO)C(C(=O)N(CC=C)c3ccc(Cl)cc3)C23CC[C@H]1O3. The second-order valence-corrected chi connectivity index (χ2v) is 10.3. The van der Waals surface area contributed by atoms with E-state index in [2.05, 4.69) is 13.2 Å². The van der Waals surface area contributed by atoms with Gasteiger partial charge in [0.05, 0.1) is 24.5 Å². The fourth-order valence-electron chi connectivity index (χ4n) is 6.07. The lowest BCUT2D eigenvalue weighted by Crippen LogP contribution is -2.56. The zero-order valence-corrected chi connectivity index (χ0v) is 21.8. The van der Waals surface area contributed by atoms with Crippen molar-refractivity contribution < 1.29 is 29.0 Å². The molecule has 3 heterocycles. The maximum atomic E-state index is 14.3. The van der Waals surface area contributed by atoms with Crippen molar-refractivity contribution in [1.29, 1.82) is 0 Å². The van der Waals surface area contributed by atoms with Crippen molar-refractivity contribution in [3.8, 4) is 0 Å². The second-order valence-electron chi connectivity index (χ2n) is 9.83. The number of carbonyl (C=O) groups is 3. The zero-order valence-electron chi connectivity index (χ0n) is 21.0. The molecule has 2 bridgehead atoms. The third kappa shape index (κ3) is 5.07. The number of benzene rings is 1. The van der Waals surface area contributed by atoms with Gasteiger partial charge in [-0.15, -0.1) is 13.2 Å². The van der Waals surface area contributed by atoms with E-state index in [4.69, 9.17) is 21.1 Å². The van der Waals surface area contributed by atoms with Crippen molar-refractivity contribution in [2.45, 2.75) is 56.3 Å². The van der Waals surface area contributed by atoms with Crippen molar-refractivity contribution in [2.24, 2.45) is 11.8 Å². The Balaban J connectivity index is 1.69. The fraction of sp³-hybridized carbons (Fsp3) is 0.536. The third-order valence-electron chi connectivity index (χ3n) is 7.65. The van der Waals surface area contributed by atoms with Gasteiger partial charge in [0.25, 0.3) is 5.91 Å². The molecule has 3 fully saturated rings. The Labute approximate surface area is 222 Å². The molecular formula is C28H35ClN2O6. The van der Waals surface area contributed by atoms with E-state index in [1.165, 1.54) is 0 Å². The van der Waals surface area contributed by atoms with Crippen molar-refractivity contribution >= 4 is 35.1 Å². The molecule has 200 valence electrons. The summed E-state index contributed by atoms with van der Waals surface area (Å²) < 4.78 is 11.9. The van der Waals surface area contributed by atoms with Crippen molar-refractivity contribution in [3.05, 3.63) is 54.6 Å². The highest BCUT2D eigenvalue weighted by Gasteiger charge is 2.75. The summed E-state index contributed by atoms with van der Waals surface area (Å²) in [7, 11) is 0. The number of carbonyl (C=O) groups excluding carboxylic acids is 3. The van der Waals surface area contributed by atoms with Crippen LogP contribution < -0.4 is 4.90 Å². The molecule has 9 heteroatoms. The van der Waals surface area contributed by atoms with E-state index >= 15 is 0 Å². The first-order chi connectivity index (χ1) is 17.9. The number of ether oxygens (including phenoxy) is 2. The number of rotatable bonds is 13. The molecule has 0 aromatic heterocycles. The molecule has 1 spiro atoms. The quantitative estimate of drug-likeness (QED) is 0.238. The fourth-order valence-corrected chi connectivity index (χ4v) is 6.20. The molecule has 37 heavy (non-hydrogen) atoms. The summed E-state index contributed by atoms with van der Waals surface area (Å²) in [5.41, 5.74) is -0.459. The second kappa shape index (κ2) is 11.8. The van der Waals surface area contributed by atoms with Gasteiger partial charge >= 0.3 is 5.97 Å². The lowest BCUT2D eigenvalue weighted by Gasteiger charge is -2.36. The first-order valence-electron chi connectivity index (χ1n) is 12.9. The molecular weight excluding hydrogens is 496 g/mol. The highest BCUT2D eigenvalue weighted by molar-refractivity contribution is 6.30. The monoisotopic (exact) mass is 530 g/mol. The number of anilines is 1. The first-order valence-corrected chi connectivity index (χ1v) is 13.3. The summed E-state index contributed by atoms with van der Waals surface area (Å²) in [6.45, 7) is 8.30. The number of hydrogen-bond acceptors (Lipinski definition) is 6. The molecule has 1 N–H and O–H groups in total. The molecule has 0 aliphatic carbocycles. The van der Waals surface area contributed by atoms with Gasteiger partial charge in [0.15, 0.2) is 0 Å². The zero-order chi connectivity index (χ0) is 26.6. The average molecular weight is 531 g/mol. The minimum Gasteiger partial charge on any atom is -0.465 e. The Morgan fingerprint density at radius 1 is 1.22 bits per heavy atom. The van der Waals surface area contributed by atoms with Gasteiger partial charge in [-0.2, -0.15) is 0 Å². The van der Waals surface area contributed by atoms with E-state index in [0.717, 1.165) is 0 Å². The molecule has 1 aromatic carbocycles. The summed E-state index contributed by atoms with van der Waals surface area (Å²) in [4.78, 5) is 44.5. The van der Waals surface area contributed by atoms with Crippen LogP contribution in [0.2, 0.25) is 5.02 Å². The van der Waals surface area contributed by atoms with Crippen LogP contribution in [0.1, 0.15) is 38.5 Å². The van der Waals surface area contributed by atoms with Crippen molar-refractivity contribution in [2.75, 3.05) is 31.2 Å². The Morgan fingerprint density at radius 2 is 1.97 bits per heavy atom. The summed E-state index contributed by atoms with van der Waals surface area (Å²) in [5.74, 6) is -2.50. The van der Waals surface area contributed by atoms with Crippen molar-refractivity contribution in [3.63, 3.8) is 0 Å². The van der Waals surface area contributed by atoms with Gasteiger partial charge in [-0.3, -0.25) is 14.4 Å². The Kier molecular flexibility index (Phi) is 8.72. The van der Waals surface area contributed by atoms with Gasteiger partial charge in [-0.1, -0.05) is 23.8 Å². The molecule has 1 aromatic rings. The molecule has 2 amide bonds. The number of hydrogen-bond donors (Lipinski definition) is 1. The van der Waals surface area contributed by atoms with Crippen LogP contribution in [0.25, 0.3) is 0 Å². The first kappa shape index (κ1) is 27.4. The smallest absolute Gasteiger partial charge is 0.312 e. The number of nitrogens with zero attached hydrogens (tertiary/aromatic N) is 2. The Morgan fingerprint density at radius 3 is 2.65 bits per heavy atom. The van der Waals surface area contributed by atoms with E-state index in [9.17, 15) is 19.5 Å². The lowest BCUT2D eigenvalue weighted by molar-refractivity contribution is -0.155. The van der Waals surface area contributed by atoms with Gasteiger partial charge in [-0.25, -0.2) is 0 Å². The molecule has 5 atom stereocenters. The minimum absolute atomic E-state index is 0.0654. The van der Waals surface area contributed by atoms with Crippen LogP contribution in [0.4, 0.5) is 5.69 Å². The summed E-state index contributed by atoms with van der Waals surface area (Å²) in [5, 5.41) is 9.74. The van der Waals surface area contributed by atoms with Crippen LogP contribution >= 0.6 is 11.6 Å². The topological polar surface area (TPSA) is 96.4 Å². The van der Waals surface area contributed by atoms with E-state index < -0.39 is 35.6 Å². The van der Waals surface area contributed by atoms with Gasteiger partial charge in [-0.05, 0) is 62.8 Å². The number of fused-ring (bicyclic) bond motifs is 1. The minimum atomic E-state index is -1.09.